The van der Waals surface area contributed by atoms with E-state index in [1.807, 2.05) is 84.9 Å². The summed E-state index contributed by atoms with van der Waals surface area (Å²) in [6, 6.07) is 30.6. The third kappa shape index (κ3) is 9.95. The molecule has 1 aliphatic rings. The van der Waals surface area contributed by atoms with Crippen molar-refractivity contribution < 1.29 is 41.9 Å². The molecular weight excluding hydrogens is 803 g/mol. The number of phosphoric acid groups is 1. The lowest BCUT2D eigenvalue weighted by Gasteiger charge is -2.39. The van der Waals surface area contributed by atoms with E-state index in [9.17, 15) is 24.2 Å². The van der Waals surface area contributed by atoms with Crippen LogP contribution in [0.25, 0.3) is 0 Å². The molecular formula is C42H42ClN4O11P. The molecule has 59 heavy (non-hydrogen) atoms. The highest BCUT2D eigenvalue weighted by molar-refractivity contribution is 7.48. The van der Waals surface area contributed by atoms with Crippen LogP contribution in [0.3, 0.4) is 0 Å². The largest absolute Gasteiger partial charge is 0.530 e. The van der Waals surface area contributed by atoms with E-state index in [2.05, 4.69) is 4.98 Å². The first-order valence-corrected chi connectivity index (χ1v) is 20.2. The molecule has 15 nitrogen and oxygen atoms in total. The zero-order chi connectivity index (χ0) is 42.2. The second kappa shape index (κ2) is 18.9. The van der Waals surface area contributed by atoms with Gasteiger partial charge in [-0.3, -0.25) is 28.2 Å². The van der Waals surface area contributed by atoms with E-state index in [-0.39, 0.29) is 42.2 Å². The maximum atomic E-state index is 14.4. The molecule has 1 unspecified atom stereocenters. The van der Waals surface area contributed by atoms with Crippen LogP contribution in [0, 0.1) is 18.3 Å². The Balaban J connectivity index is 1.44. The lowest BCUT2D eigenvalue weighted by atomic mass is 9.79. The Morgan fingerprint density at radius 2 is 1.59 bits per heavy atom. The first-order valence-electron chi connectivity index (χ1n) is 18.4. The maximum Gasteiger partial charge on any atom is 0.530 e. The van der Waals surface area contributed by atoms with Gasteiger partial charge in [0.2, 0.25) is 5.91 Å². The van der Waals surface area contributed by atoms with Gasteiger partial charge in [0.1, 0.15) is 35.2 Å². The van der Waals surface area contributed by atoms with Crippen LogP contribution in [-0.4, -0.2) is 55.1 Å². The number of aryl methyl sites for hydroxylation is 1. The number of nitrogens with one attached hydrogen (secondary N) is 1. The molecule has 1 aromatic heterocycles. The highest BCUT2D eigenvalue weighted by atomic mass is 35.5. The maximum absolute atomic E-state index is 14.4. The van der Waals surface area contributed by atoms with E-state index >= 15 is 0 Å². The molecule has 2 heterocycles. The monoisotopic (exact) mass is 844 g/mol. The molecule has 1 amide bonds. The van der Waals surface area contributed by atoms with E-state index in [0.29, 0.717) is 28.2 Å². The number of nitrogens with zero attached hydrogens (tertiary/aromatic N) is 2. The smallest absolute Gasteiger partial charge is 0.497 e. The van der Waals surface area contributed by atoms with Crippen molar-refractivity contribution in [3.8, 4) is 23.3 Å². The van der Waals surface area contributed by atoms with Crippen LogP contribution in [0.5, 0.6) is 17.2 Å². The first-order chi connectivity index (χ1) is 28.4. The number of aromatic nitrogens is 2. The minimum Gasteiger partial charge on any atom is -0.497 e. The Kier molecular flexibility index (Phi) is 13.7. The number of nitriles is 1. The molecule has 1 saturated heterocycles. The number of ether oxygens (including phenoxy) is 4. The number of halogens is 1. The zero-order valence-corrected chi connectivity index (χ0v) is 34.0. The summed E-state index contributed by atoms with van der Waals surface area (Å²) in [6.45, 7) is 0.761. The number of methoxy groups -OCH3 is 2. The zero-order valence-electron chi connectivity index (χ0n) is 32.4. The molecule has 17 heteroatoms. The number of H-pyrrole nitrogens is 1. The van der Waals surface area contributed by atoms with Crippen molar-refractivity contribution in [2.75, 3.05) is 27.4 Å². The normalized spacial score (nSPS) is 17.4. The predicted octanol–water partition coefficient (Wildman–Crippen LogP) is 6.34. The van der Waals surface area contributed by atoms with Gasteiger partial charge < -0.3 is 29.2 Å². The number of phosphoric ester groups is 1. The van der Waals surface area contributed by atoms with Crippen molar-refractivity contribution in [1.82, 2.24) is 9.55 Å². The molecule has 6 rings (SSSR count). The van der Waals surface area contributed by atoms with Gasteiger partial charge in [-0.15, -0.1) is 0 Å². The molecule has 5 aromatic rings. The minimum atomic E-state index is -4.59. The molecule has 4 atom stereocenters. The summed E-state index contributed by atoms with van der Waals surface area (Å²) in [5, 5.41) is 9.22. The van der Waals surface area contributed by atoms with Crippen LogP contribution in [0.4, 0.5) is 0 Å². The molecule has 308 valence electrons. The summed E-state index contributed by atoms with van der Waals surface area (Å²) < 4.78 is 57.8. The van der Waals surface area contributed by atoms with E-state index in [4.69, 9.17) is 49.9 Å². The molecule has 4 aromatic carbocycles. The van der Waals surface area contributed by atoms with Crippen molar-refractivity contribution in [3.63, 3.8) is 0 Å². The van der Waals surface area contributed by atoms with Gasteiger partial charge in [0, 0.05) is 18.2 Å². The fraction of sp³-hybridized carbons (Fsp3) is 0.286. The lowest BCUT2D eigenvalue weighted by molar-refractivity contribution is -0.117. The van der Waals surface area contributed by atoms with Crippen LogP contribution < -0.4 is 31.0 Å². The van der Waals surface area contributed by atoms with Crippen molar-refractivity contribution >= 4 is 25.3 Å². The number of carbonyl (C=O) groups is 1. The summed E-state index contributed by atoms with van der Waals surface area (Å²) in [6.07, 6.45) is -1.78. The first kappa shape index (κ1) is 42.9. The fourth-order valence-corrected chi connectivity index (χ4v) is 8.23. The van der Waals surface area contributed by atoms with Crippen molar-refractivity contribution in [2.45, 2.75) is 50.2 Å². The number of rotatable bonds is 18. The number of aromatic amines is 1. The lowest BCUT2D eigenvalue weighted by Crippen LogP contribution is -2.41. The number of benzene rings is 4. The van der Waals surface area contributed by atoms with Crippen LogP contribution in [0.1, 0.15) is 46.9 Å². The Labute approximate surface area is 344 Å². The Bertz CT molecular complexity index is 2410. The Hall–Kier alpha value is -5.72. The highest BCUT2D eigenvalue weighted by Crippen LogP contribution is 2.52. The summed E-state index contributed by atoms with van der Waals surface area (Å²) in [5.74, 6) is 0.562. The van der Waals surface area contributed by atoms with Crippen LogP contribution in [0.15, 0.2) is 113 Å². The summed E-state index contributed by atoms with van der Waals surface area (Å²) in [4.78, 5) is 39.4. The van der Waals surface area contributed by atoms with Gasteiger partial charge in [-0.2, -0.15) is 5.26 Å². The average Bonchev–Trinajstić information content (AvgIpc) is 3.64. The Morgan fingerprint density at radius 1 is 0.966 bits per heavy atom. The number of amides is 1. The van der Waals surface area contributed by atoms with E-state index in [0.717, 1.165) is 5.56 Å². The van der Waals surface area contributed by atoms with Crippen LogP contribution in [-0.2, 0) is 39.9 Å². The topological polar surface area (TPSA) is 203 Å². The highest BCUT2D eigenvalue weighted by Gasteiger charge is 2.47. The van der Waals surface area contributed by atoms with Gasteiger partial charge in [0.15, 0.2) is 0 Å². The second-order valence-corrected chi connectivity index (χ2v) is 15.5. The van der Waals surface area contributed by atoms with Gasteiger partial charge in [0.05, 0.1) is 57.5 Å². The summed E-state index contributed by atoms with van der Waals surface area (Å²) in [5.41, 5.74) is 5.62. The molecule has 0 aliphatic carbocycles. The number of carbonyl (C=O) groups excluding carboxylic acids is 1. The Morgan fingerprint density at radius 3 is 2.17 bits per heavy atom. The average molecular weight is 845 g/mol. The number of primary amides is 1. The summed E-state index contributed by atoms with van der Waals surface area (Å²) >= 11 is 6.46. The van der Waals surface area contributed by atoms with E-state index < -0.39 is 55.6 Å². The second-order valence-electron chi connectivity index (χ2n) is 13.5. The predicted molar refractivity (Wildman–Crippen MR) is 216 cm³/mol. The van der Waals surface area contributed by atoms with E-state index in [1.165, 1.54) is 29.0 Å². The minimum absolute atomic E-state index is 0.00529. The molecule has 3 N–H and O–H groups in total. The number of hydrogen-bond acceptors (Lipinski definition) is 12. The molecule has 1 aliphatic heterocycles. The van der Waals surface area contributed by atoms with Gasteiger partial charge in [0.25, 0.3) is 5.56 Å². The molecule has 0 radical (unpaired) electrons. The van der Waals surface area contributed by atoms with Crippen molar-refractivity contribution in [2.24, 2.45) is 5.73 Å². The quantitative estimate of drug-likeness (QED) is 0.0564. The van der Waals surface area contributed by atoms with E-state index in [1.54, 1.807) is 21.1 Å². The third-order valence-electron chi connectivity index (χ3n) is 9.58. The standard InChI is InChI=1S/C42H42ClN4O11P/c1-27-25-47(41(50)46-40(27)49)39-24-36(37(56-39)26-55-59(51,54-21-7-20-44)58-35-19-10-28(22-34(35)43)23-38(45)48)57-42(29-8-5-4-6-9-29,30-11-15-32(52-2)16-12-30)31-13-17-33(53-3)18-14-31/h4-6,8-19,22,25,36-37,39H,7,21,23-24,26H2,1-3H3,(H2,45,48)(H,46,49,50)/t36-,37+,39+,59?/m0/s1. The van der Waals surface area contributed by atoms with Crippen LogP contribution >= 0.6 is 19.4 Å². The van der Waals surface area contributed by atoms with Crippen molar-refractivity contribution in [3.05, 3.63) is 157 Å². The molecule has 0 spiro atoms. The number of hydrogen-bond donors (Lipinski definition) is 2. The third-order valence-corrected chi connectivity index (χ3v) is 11.3. The molecule has 1 fully saturated rings. The van der Waals surface area contributed by atoms with Gasteiger partial charge in [-0.05, 0) is 65.6 Å². The van der Waals surface area contributed by atoms with Gasteiger partial charge in [-0.25, -0.2) is 9.36 Å². The SMILES string of the molecule is COc1ccc(C(O[C@H]2C[C@H](n3cc(C)c(=O)[nH]c3=O)O[C@@H]2COP(=O)(OCCC#N)Oc2ccc(CC(N)=O)cc2Cl)(c2ccccc2)c2ccc(OC)cc2)cc1. The van der Waals surface area contributed by atoms with Gasteiger partial charge >= 0.3 is 13.5 Å². The van der Waals surface area contributed by atoms with Crippen molar-refractivity contribution in [1.29, 1.82) is 5.26 Å². The van der Waals surface area contributed by atoms with Gasteiger partial charge in [-0.1, -0.05) is 72.3 Å². The number of nitrogens with two attached hydrogens (primary N) is 1. The fourth-order valence-electron chi connectivity index (χ4n) is 6.71. The molecule has 0 saturated carbocycles. The van der Waals surface area contributed by atoms with Crippen LogP contribution in [0.2, 0.25) is 5.02 Å². The molecule has 0 bridgehead atoms. The summed E-state index contributed by atoms with van der Waals surface area (Å²) in [7, 11) is -1.45.